The smallest absolute Gasteiger partial charge is 0.209 e. The van der Waals surface area contributed by atoms with Gasteiger partial charge in [0.1, 0.15) is 5.58 Å². The van der Waals surface area contributed by atoms with Crippen LogP contribution in [0, 0.1) is 6.92 Å². The molecule has 0 aliphatic rings. The summed E-state index contributed by atoms with van der Waals surface area (Å²) in [5, 5.41) is 10.0. The van der Waals surface area contributed by atoms with Gasteiger partial charge in [-0.2, -0.15) is 0 Å². The Bertz CT molecular complexity index is 468. The fraction of sp³-hybridized carbons (Fsp3) is 0.100. The summed E-state index contributed by atoms with van der Waals surface area (Å²) in [5.41, 5.74) is 1.57. The number of aldehydes is 1. The molecule has 2 rings (SSSR count). The van der Waals surface area contributed by atoms with E-state index >= 15 is 0 Å². The molecule has 0 spiro atoms. The lowest BCUT2D eigenvalue weighted by Gasteiger charge is -1.90. The van der Waals surface area contributed by atoms with Crippen molar-refractivity contribution in [1.29, 1.82) is 0 Å². The number of hydrogen-bond acceptors (Lipinski definition) is 3. The minimum absolute atomic E-state index is 0.0133. The molecule has 0 saturated heterocycles. The number of benzene rings is 1. The molecule has 1 aromatic heterocycles. The number of fused-ring (bicyclic) bond motifs is 1. The van der Waals surface area contributed by atoms with Crippen molar-refractivity contribution >= 4 is 17.3 Å². The first-order valence-corrected chi connectivity index (χ1v) is 3.89. The highest BCUT2D eigenvalue weighted by Crippen LogP contribution is 2.31. The van der Waals surface area contributed by atoms with Crippen molar-refractivity contribution in [3.05, 3.63) is 29.5 Å². The largest absolute Gasteiger partial charge is 0.504 e. The Morgan fingerprint density at radius 3 is 2.92 bits per heavy atom. The first kappa shape index (κ1) is 7.86. The topological polar surface area (TPSA) is 50.4 Å². The molecule has 2 aromatic rings. The lowest BCUT2D eigenvalue weighted by Crippen LogP contribution is -1.71. The molecule has 3 heteroatoms. The molecular formula is C10H8O3. The van der Waals surface area contributed by atoms with Gasteiger partial charge in [-0.05, 0) is 24.6 Å². The van der Waals surface area contributed by atoms with Gasteiger partial charge >= 0.3 is 0 Å². The molecule has 0 unspecified atom stereocenters. The average molecular weight is 176 g/mol. The summed E-state index contributed by atoms with van der Waals surface area (Å²) in [5.74, 6) is -0.0920. The van der Waals surface area contributed by atoms with Crippen LogP contribution in [-0.2, 0) is 0 Å². The molecule has 1 aromatic carbocycles. The van der Waals surface area contributed by atoms with Crippen LogP contribution in [0.4, 0.5) is 0 Å². The van der Waals surface area contributed by atoms with Crippen LogP contribution in [-0.4, -0.2) is 11.4 Å². The fourth-order valence-electron chi connectivity index (χ4n) is 1.29. The Morgan fingerprint density at radius 1 is 1.46 bits per heavy atom. The summed E-state index contributed by atoms with van der Waals surface area (Å²) in [7, 11) is 0. The van der Waals surface area contributed by atoms with Crippen LogP contribution in [0.2, 0.25) is 0 Å². The van der Waals surface area contributed by atoms with Crippen LogP contribution in [0.1, 0.15) is 16.1 Å². The van der Waals surface area contributed by atoms with Crippen LogP contribution in [0.15, 0.2) is 22.6 Å². The minimum Gasteiger partial charge on any atom is -0.504 e. The number of aromatic hydroxyl groups is 1. The van der Waals surface area contributed by atoms with Gasteiger partial charge in [-0.3, -0.25) is 4.79 Å². The second-order valence-corrected chi connectivity index (χ2v) is 2.93. The normalized spacial score (nSPS) is 10.5. The summed E-state index contributed by atoms with van der Waals surface area (Å²) < 4.78 is 5.11. The van der Waals surface area contributed by atoms with E-state index < -0.39 is 0 Å². The number of aryl methyl sites for hydroxylation is 1. The molecular weight excluding hydrogens is 168 g/mol. The fourth-order valence-corrected chi connectivity index (χ4v) is 1.29. The molecule has 0 aliphatic heterocycles. The van der Waals surface area contributed by atoms with Gasteiger partial charge in [-0.1, -0.05) is 6.07 Å². The predicted molar refractivity (Wildman–Crippen MR) is 48.0 cm³/mol. The zero-order valence-corrected chi connectivity index (χ0v) is 7.07. The second-order valence-electron chi connectivity index (χ2n) is 2.93. The Morgan fingerprint density at radius 2 is 2.23 bits per heavy atom. The van der Waals surface area contributed by atoms with Crippen LogP contribution >= 0.6 is 0 Å². The van der Waals surface area contributed by atoms with Crippen molar-refractivity contribution in [2.24, 2.45) is 0 Å². The van der Waals surface area contributed by atoms with Crippen molar-refractivity contribution in [3.8, 4) is 5.75 Å². The quantitative estimate of drug-likeness (QED) is 0.678. The van der Waals surface area contributed by atoms with E-state index in [4.69, 9.17) is 4.42 Å². The highest BCUT2D eigenvalue weighted by atomic mass is 16.4. The number of hydrogen-bond donors (Lipinski definition) is 1. The van der Waals surface area contributed by atoms with Crippen molar-refractivity contribution in [3.63, 3.8) is 0 Å². The molecule has 3 nitrogen and oxygen atoms in total. The molecule has 0 atom stereocenters. The van der Waals surface area contributed by atoms with E-state index in [1.807, 2.05) is 13.0 Å². The van der Waals surface area contributed by atoms with Crippen molar-refractivity contribution < 1.29 is 14.3 Å². The molecule has 0 saturated carbocycles. The molecule has 13 heavy (non-hydrogen) atoms. The number of furan rings is 1. The molecule has 0 amide bonds. The van der Waals surface area contributed by atoms with Gasteiger partial charge in [-0.15, -0.1) is 0 Å². The monoisotopic (exact) mass is 176 g/mol. The third-order valence-corrected chi connectivity index (χ3v) is 1.95. The van der Waals surface area contributed by atoms with Gasteiger partial charge in [0.2, 0.25) is 5.76 Å². The van der Waals surface area contributed by atoms with E-state index in [0.29, 0.717) is 17.3 Å². The number of carbonyl (C=O) groups excluding carboxylic acids is 1. The summed E-state index contributed by atoms with van der Waals surface area (Å²) in [6.07, 6.45) is 0.505. The van der Waals surface area contributed by atoms with E-state index in [0.717, 1.165) is 5.56 Å². The predicted octanol–water partition coefficient (Wildman–Crippen LogP) is 2.26. The Labute approximate surface area is 74.6 Å². The molecule has 1 heterocycles. The summed E-state index contributed by atoms with van der Waals surface area (Å²) >= 11 is 0. The first-order valence-electron chi connectivity index (χ1n) is 3.89. The second kappa shape index (κ2) is 2.62. The van der Waals surface area contributed by atoms with E-state index in [-0.39, 0.29) is 11.5 Å². The molecule has 66 valence electrons. The molecule has 0 fully saturated rings. The molecule has 0 aliphatic carbocycles. The van der Waals surface area contributed by atoms with Gasteiger partial charge in [-0.25, -0.2) is 0 Å². The Kier molecular flexibility index (Phi) is 1.59. The van der Waals surface area contributed by atoms with E-state index in [1.165, 1.54) is 0 Å². The Hall–Kier alpha value is -1.77. The number of rotatable bonds is 1. The first-order chi connectivity index (χ1) is 6.22. The summed E-state index contributed by atoms with van der Waals surface area (Å²) in [6, 6.07) is 5.37. The van der Waals surface area contributed by atoms with Crippen LogP contribution in [0.25, 0.3) is 11.0 Å². The van der Waals surface area contributed by atoms with Crippen LogP contribution in [0.3, 0.4) is 0 Å². The number of carbonyl (C=O) groups is 1. The maximum absolute atomic E-state index is 10.4. The highest BCUT2D eigenvalue weighted by Gasteiger charge is 2.11. The van der Waals surface area contributed by atoms with E-state index in [2.05, 4.69) is 0 Å². The molecule has 1 N–H and O–H groups in total. The van der Waals surface area contributed by atoms with Crippen molar-refractivity contribution in [1.82, 2.24) is 0 Å². The lowest BCUT2D eigenvalue weighted by atomic mass is 10.2. The highest BCUT2D eigenvalue weighted by molar-refractivity contribution is 5.92. The standard InChI is InChI=1S/C10H8O3/c1-6-2-3-7-8(4-6)13-9(5-11)10(7)12/h2-5,12H,1H3. The average Bonchev–Trinajstić information content (AvgIpc) is 2.42. The molecule has 0 radical (unpaired) electrons. The molecule has 0 bridgehead atoms. The summed E-state index contributed by atoms with van der Waals surface area (Å²) in [6.45, 7) is 1.92. The zero-order valence-electron chi connectivity index (χ0n) is 7.07. The van der Waals surface area contributed by atoms with Crippen molar-refractivity contribution in [2.45, 2.75) is 6.92 Å². The Balaban J connectivity index is 2.83. The van der Waals surface area contributed by atoms with Gasteiger partial charge in [0, 0.05) is 0 Å². The summed E-state index contributed by atoms with van der Waals surface area (Å²) in [4.78, 5) is 10.4. The SMILES string of the molecule is Cc1ccc2c(O)c(C=O)oc2c1. The van der Waals surface area contributed by atoms with E-state index in [9.17, 15) is 9.90 Å². The van der Waals surface area contributed by atoms with Gasteiger partial charge in [0.05, 0.1) is 5.39 Å². The third-order valence-electron chi connectivity index (χ3n) is 1.95. The van der Waals surface area contributed by atoms with Gasteiger partial charge in [0.15, 0.2) is 12.0 Å². The maximum atomic E-state index is 10.4. The minimum atomic E-state index is -0.0787. The lowest BCUT2D eigenvalue weighted by molar-refractivity contribution is 0.109. The van der Waals surface area contributed by atoms with Crippen LogP contribution in [0.5, 0.6) is 5.75 Å². The van der Waals surface area contributed by atoms with E-state index in [1.54, 1.807) is 12.1 Å². The zero-order chi connectivity index (χ0) is 9.42. The van der Waals surface area contributed by atoms with Gasteiger partial charge in [0.25, 0.3) is 0 Å². The van der Waals surface area contributed by atoms with Crippen LogP contribution < -0.4 is 0 Å². The van der Waals surface area contributed by atoms with Gasteiger partial charge < -0.3 is 9.52 Å². The van der Waals surface area contributed by atoms with Crippen molar-refractivity contribution in [2.75, 3.05) is 0 Å². The maximum Gasteiger partial charge on any atom is 0.209 e. The third kappa shape index (κ3) is 1.09.